The van der Waals surface area contributed by atoms with Crippen LogP contribution in [0.3, 0.4) is 0 Å². The minimum Gasteiger partial charge on any atom is -0.292 e. The van der Waals surface area contributed by atoms with E-state index in [2.05, 4.69) is 4.99 Å². The third kappa shape index (κ3) is 5.56. The van der Waals surface area contributed by atoms with Gasteiger partial charge >= 0.3 is 0 Å². The molecule has 0 radical (unpaired) electrons. The van der Waals surface area contributed by atoms with Crippen molar-refractivity contribution >= 4 is 45.0 Å². The van der Waals surface area contributed by atoms with Gasteiger partial charge in [0.15, 0.2) is 15.6 Å². The molecule has 0 amide bonds. The molecule has 1 aliphatic rings. The maximum absolute atomic E-state index is 12.7. The van der Waals surface area contributed by atoms with Crippen LogP contribution in [0, 0.1) is 19.8 Å². The summed E-state index contributed by atoms with van der Waals surface area (Å²) < 4.78 is 25.3. The van der Waals surface area contributed by atoms with E-state index >= 15 is 0 Å². The summed E-state index contributed by atoms with van der Waals surface area (Å²) in [5, 5.41) is 1.11. The molecule has 152 valence electrons. The summed E-state index contributed by atoms with van der Waals surface area (Å²) in [6.07, 6.45) is 3.97. The Hall–Kier alpha value is -1.95. The fraction of sp³-hybridized carbons (Fsp3) is 0.273. The summed E-state index contributed by atoms with van der Waals surface area (Å²) in [7, 11) is -3.54. The Labute approximate surface area is 181 Å². The van der Waals surface area contributed by atoms with E-state index in [1.165, 1.54) is 0 Å². The molecular formula is C22H21Cl2NO3S. The molecule has 4 nitrogen and oxygen atoms in total. The minimum atomic E-state index is -3.54. The topological polar surface area (TPSA) is 63.6 Å². The van der Waals surface area contributed by atoms with Gasteiger partial charge in [0, 0.05) is 28.6 Å². The third-order valence-electron chi connectivity index (χ3n) is 4.73. The van der Waals surface area contributed by atoms with Gasteiger partial charge in [-0.15, -0.1) is 0 Å². The monoisotopic (exact) mass is 449 g/mol. The third-order valence-corrected chi connectivity index (χ3v) is 7.02. The molecule has 2 aromatic rings. The van der Waals surface area contributed by atoms with Gasteiger partial charge in [-0.25, -0.2) is 8.42 Å². The van der Waals surface area contributed by atoms with Gasteiger partial charge in [0.05, 0.1) is 10.6 Å². The number of sulfone groups is 1. The molecule has 0 spiro atoms. The second-order valence-electron chi connectivity index (χ2n) is 7.24. The van der Waals surface area contributed by atoms with Crippen LogP contribution in [0.25, 0.3) is 0 Å². The van der Waals surface area contributed by atoms with Gasteiger partial charge in [-0.1, -0.05) is 35.3 Å². The lowest BCUT2D eigenvalue weighted by Gasteiger charge is -2.08. The second kappa shape index (κ2) is 8.82. The smallest absolute Gasteiger partial charge is 0.181 e. The first kappa shape index (κ1) is 21.8. The quantitative estimate of drug-likeness (QED) is 0.585. The number of aryl methyl sites for hydroxylation is 2. The summed E-state index contributed by atoms with van der Waals surface area (Å²) in [6, 6.07) is 10.6. The van der Waals surface area contributed by atoms with E-state index in [-0.39, 0.29) is 28.8 Å². The van der Waals surface area contributed by atoms with Gasteiger partial charge in [-0.05, 0) is 67.3 Å². The van der Waals surface area contributed by atoms with E-state index in [9.17, 15) is 13.2 Å². The highest BCUT2D eigenvalue weighted by molar-refractivity contribution is 7.91. The van der Waals surface area contributed by atoms with Crippen LogP contribution in [0.5, 0.6) is 0 Å². The second-order valence-corrected chi connectivity index (χ2v) is 10.2. The predicted molar refractivity (Wildman–Crippen MR) is 118 cm³/mol. The molecule has 0 saturated heterocycles. The van der Waals surface area contributed by atoms with Gasteiger partial charge < -0.3 is 0 Å². The van der Waals surface area contributed by atoms with Crippen LogP contribution in [-0.4, -0.2) is 26.2 Å². The number of hydrogen-bond donors (Lipinski definition) is 0. The van der Waals surface area contributed by atoms with Crippen LogP contribution in [0.2, 0.25) is 10.0 Å². The molecule has 0 saturated carbocycles. The average Bonchev–Trinajstić information content (AvgIpc) is 3.09. The average molecular weight is 450 g/mol. The molecule has 1 unspecified atom stereocenters. The van der Waals surface area contributed by atoms with Gasteiger partial charge in [-0.2, -0.15) is 0 Å². The Kier molecular flexibility index (Phi) is 6.62. The van der Waals surface area contributed by atoms with E-state index in [4.69, 9.17) is 23.2 Å². The number of aliphatic imine (C=N–C) groups is 1. The van der Waals surface area contributed by atoms with Gasteiger partial charge in [0.1, 0.15) is 5.70 Å². The lowest BCUT2D eigenvalue weighted by Crippen LogP contribution is -2.13. The van der Waals surface area contributed by atoms with Crippen molar-refractivity contribution in [3.05, 3.63) is 74.9 Å². The van der Waals surface area contributed by atoms with E-state index < -0.39 is 9.84 Å². The number of halogens is 2. The van der Waals surface area contributed by atoms with Crippen molar-refractivity contribution in [3.63, 3.8) is 0 Å². The lowest BCUT2D eigenvalue weighted by atomic mass is 10.0. The first-order valence-electron chi connectivity index (χ1n) is 9.18. The van der Waals surface area contributed by atoms with Crippen molar-refractivity contribution in [2.45, 2.75) is 31.6 Å². The summed E-state index contributed by atoms with van der Waals surface area (Å²) in [6.45, 7) is 3.60. The van der Waals surface area contributed by atoms with Crippen molar-refractivity contribution in [3.8, 4) is 0 Å². The minimum absolute atomic E-state index is 0.0564. The highest BCUT2D eigenvalue weighted by Gasteiger charge is 2.22. The van der Waals surface area contributed by atoms with Crippen molar-refractivity contribution < 1.29 is 13.2 Å². The molecule has 1 atom stereocenters. The Balaban J connectivity index is 1.64. The maximum Gasteiger partial charge on any atom is 0.181 e. The Morgan fingerprint density at radius 3 is 2.45 bits per heavy atom. The zero-order valence-electron chi connectivity index (χ0n) is 16.2. The highest BCUT2D eigenvalue weighted by atomic mass is 35.5. The van der Waals surface area contributed by atoms with Crippen molar-refractivity contribution in [2.75, 3.05) is 5.75 Å². The number of nitrogens with zero attached hydrogens (tertiary/aromatic N) is 1. The van der Waals surface area contributed by atoms with Crippen LogP contribution in [0.1, 0.15) is 23.1 Å². The standard InChI is InChI=1S/C22H21Cl2NO3S/c1-14-3-4-15(2)22(7-14)29(27,28)6-5-21(26)20-11-17(13-25-20)8-16-9-18(23)12-19(24)10-16/h3-4,7,9-13,17H,5-6,8H2,1-2H3. The first-order valence-corrected chi connectivity index (χ1v) is 11.6. The zero-order chi connectivity index (χ0) is 21.2. The maximum atomic E-state index is 12.7. The normalized spacial score (nSPS) is 16.1. The molecule has 1 aliphatic heterocycles. The highest BCUT2D eigenvalue weighted by Crippen LogP contribution is 2.24. The molecule has 0 N–H and O–H groups in total. The van der Waals surface area contributed by atoms with Crippen molar-refractivity contribution in [2.24, 2.45) is 10.9 Å². The lowest BCUT2D eigenvalue weighted by molar-refractivity contribution is -0.115. The van der Waals surface area contributed by atoms with E-state index in [0.717, 1.165) is 11.1 Å². The SMILES string of the molecule is Cc1ccc(C)c(S(=O)(=O)CCC(=O)C2=CC(Cc3cc(Cl)cc(Cl)c3)C=N2)c1. The van der Waals surface area contributed by atoms with Gasteiger partial charge in [0.2, 0.25) is 0 Å². The summed E-state index contributed by atoms with van der Waals surface area (Å²) in [5.74, 6) is -0.571. The van der Waals surface area contributed by atoms with E-state index in [1.807, 2.05) is 25.1 Å². The molecule has 0 aromatic heterocycles. The number of ketones is 1. The van der Waals surface area contributed by atoms with Crippen LogP contribution in [0.4, 0.5) is 0 Å². The molecule has 2 aromatic carbocycles. The largest absolute Gasteiger partial charge is 0.292 e. The summed E-state index contributed by atoms with van der Waals surface area (Å²) >= 11 is 12.1. The summed E-state index contributed by atoms with van der Waals surface area (Å²) in [4.78, 5) is 17.0. The van der Waals surface area contributed by atoms with Crippen LogP contribution >= 0.6 is 23.2 Å². The number of hydrogen-bond acceptors (Lipinski definition) is 4. The first-order chi connectivity index (χ1) is 13.6. The number of allylic oxidation sites excluding steroid dienone is 2. The Morgan fingerprint density at radius 1 is 1.07 bits per heavy atom. The van der Waals surface area contributed by atoms with Crippen LogP contribution < -0.4 is 0 Å². The molecule has 0 fully saturated rings. The molecule has 0 aliphatic carbocycles. The van der Waals surface area contributed by atoms with Crippen LogP contribution in [-0.2, 0) is 21.1 Å². The molecular weight excluding hydrogens is 429 g/mol. The number of rotatable bonds is 7. The fourth-order valence-electron chi connectivity index (χ4n) is 3.25. The predicted octanol–water partition coefficient (Wildman–Crippen LogP) is 5.17. The molecule has 0 bridgehead atoms. The van der Waals surface area contributed by atoms with Gasteiger partial charge in [-0.3, -0.25) is 9.79 Å². The Bertz CT molecular complexity index is 1100. The van der Waals surface area contributed by atoms with Crippen molar-refractivity contribution in [1.82, 2.24) is 0 Å². The fourth-order valence-corrected chi connectivity index (χ4v) is 5.42. The molecule has 29 heavy (non-hydrogen) atoms. The Morgan fingerprint density at radius 2 is 1.76 bits per heavy atom. The number of benzene rings is 2. The van der Waals surface area contributed by atoms with E-state index in [0.29, 0.717) is 27.7 Å². The van der Waals surface area contributed by atoms with Gasteiger partial charge in [0.25, 0.3) is 0 Å². The molecule has 7 heteroatoms. The number of Topliss-reactive ketones (excluding diaryl/α,β-unsaturated/α-hetero) is 1. The zero-order valence-corrected chi connectivity index (χ0v) is 18.5. The summed E-state index contributed by atoms with van der Waals surface area (Å²) in [5.41, 5.74) is 2.80. The molecule has 3 rings (SSSR count). The van der Waals surface area contributed by atoms with Crippen molar-refractivity contribution in [1.29, 1.82) is 0 Å². The number of carbonyl (C=O) groups excluding carboxylic acids is 1. The number of carbonyl (C=O) groups is 1. The van der Waals surface area contributed by atoms with Crippen LogP contribution in [0.15, 0.2) is 58.1 Å². The molecule has 1 heterocycles. The van der Waals surface area contributed by atoms with E-state index in [1.54, 1.807) is 37.4 Å².